The van der Waals surface area contributed by atoms with Crippen LogP contribution >= 0.6 is 0 Å². The van der Waals surface area contributed by atoms with E-state index < -0.39 is 0 Å². The van der Waals surface area contributed by atoms with Crippen LogP contribution in [-0.4, -0.2) is 24.4 Å². The molecular formula is C14H16N2O. The first kappa shape index (κ1) is 11.5. The van der Waals surface area contributed by atoms with Gasteiger partial charge in [-0.3, -0.25) is 4.79 Å². The fraction of sp³-hybridized carbons (Fsp3) is 0.214. The molecule has 1 amide bonds. The Balaban J connectivity index is 2.08. The van der Waals surface area contributed by atoms with Gasteiger partial charge in [0.05, 0.1) is 6.54 Å². The molecule has 17 heavy (non-hydrogen) atoms. The van der Waals surface area contributed by atoms with Crippen LogP contribution in [0.4, 0.5) is 0 Å². The predicted molar refractivity (Wildman–Crippen MR) is 68.4 cm³/mol. The standard InChI is InChI=1S/C14H16N2O/c1-11-8-13(10-16(2)9-11)15-14(17)12-6-4-3-5-7-12/h3-9H,10H2,1-2H3,(H,15,17). The maximum atomic E-state index is 11.9. The third-order valence-electron chi connectivity index (χ3n) is 2.56. The van der Waals surface area contributed by atoms with E-state index >= 15 is 0 Å². The molecule has 1 aromatic carbocycles. The minimum absolute atomic E-state index is 0.0556. The highest BCUT2D eigenvalue weighted by Crippen LogP contribution is 2.10. The number of rotatable bonds is 2. The van der Waals surface area contributed by atoms with Gasteiger partial charge in [0.2, 0.25) is 0 Å². The van der Waals surface area contributed by atoms with E-state index in [1.807, 2.05) is 50.4 Å². The summed E-state index contributed by atoms with van der Waals surface area (Å²) in [5.41, 5.74) is 2.76. The average Bonchev–Trinajstić information content (AvgIpc) is 2.28. The first-order valence-electron chi connectivity index (χ1n) is 5.61. The highest BCUT2D eigenvalue weighted by atomic mass is 16.1. The number of hydrogen-bond donors (Lipinski definition) is 1. The number of hydrogen-bond acceptors (Lipinski definition) is 2. The molecule has 1 aromatic rings. The van der Waals surface area contributed by atoms with Gasteiger partial charge in [-0.1, -0.05) is 18.2 Å². The smallest absolute Gasteiger partial charge is 0.255 e. The Bertz CT molecular complexity index is 474. The van der Waals surface area contributed by atoms with Crippen molar-refractivity contribution in [3.8, 4) is 0 Å². The molecule has 3 nitrogen and oxygen atoms in total. The van der Waals surface area contributed by atoms with Crippen LogP contribution in [0, 0.1) is 0 Å². The molecule has 88 valence electrons. The quantitative estimate of drug-likeness (QED) is 0.841. The monoisotopic (exact) mass is 228 g/mol. The molecule has 0 unspecified atom stereocenters. The molecule has 0 fully saturated rings. The van der Waals surface area contributed by atoms with Gasteiger partial charge in [-0.25, -0.2) is 0 Å². The molecule has 0 aliphatic carbocycles. The Kier molecular flexibility index (Phi) is 3.28. The molecule has 0 saturated heterocycles. The van der Waals surface area contributed by atoms with Crippen LogP contribution in [0.25, 0.3) is 0 Å². The lowest BCUT2D eigenvalue weighted by atomic mass is 10.1. The number of amides is 1. The van der Waals surface area contributed by atoms with Crippen molar-refractivity contribution in [2.45, 2.75) is 6.92 Å². The van der Waals surface area contributed by atoms with Crippen molar-refractivity contribution >= 4 is 5.91 Å². The van der Waals surface area contributed by atoms with Gasteiger partial charge >= 0.3 is 0 Å². The zero-order valence-corrected chi connectivity index (χ0v) is 10.1. The topological polar surface area (TPSA) is 32.3 Å². The van der Waals surface area contributed by atoms with Crippen LogP contribution in [0.2, 0.25) is 0 Å². The van der Waals surface area contributed by atoms with E-state index in [1.54, 1.807) is 0 Å². The van der Waals surface area contributed by atoms with Crippen molar-refractivity contribution in [2.75, 3.05) is 13.6 Å². The molecule has 0 spiro atoms. The molecule has 3 heteroatoms. The first-order chi connectivity index (χ1) is 8.15. The summed E-state index contributed by atoms with van der Waals surface area (Å²) in [4.78, 5) is 14.0. The van der Waals surface area contributed by atoms with Gasteiger partial charge in [-0.2, -0.15) is 0 Å². The molecule has 0 saturated carbocycles. The maximum absolute atomic E-state index is 11.9. The Morgan fingerprint density at radius 2 is 2.00 bits per heavy atom. The van der Waals surface area contributed by atoms with Crippen LogP contribution < -0.4 is 5.32 Å². The molecule has 1 heterocycles. The summed E-state index contributed by atoms with van der Waals surface area (Å²) in [6.07, 6.45) is 4.05. The number of nitrogens with zero attached hydrogens (tertiary/aromatic N) is 1. The fourth-order valence-electron chi connectivity index (χ4n) is 1.90. The van der Waals surface area contributed by atoms with Crippen LogP contribution in [0.3, 0.4) is 0 Å². The Labute approximate surface area is 101 Å². The second-order valence-corrected chi connectivity index (χ2v) is 4.28. The van der Waals surface area contributed by atoms with Crippen LogP contribution in [0.15, 0.2) is 53.9 Å². The summed E-state index contributed by atoms with van der Waals surface area (Å²) >= 11 is 0. The van der Waals surface area contributed by atoms with Gasteiger partial charge in [-0.05, 0) is 30.7 Å². The third-order valence-corrected chi connectivity index (χ3v) is 2.56. The van der Waals surface area contributed by atoms with E-state index in [2.05, 4.69) is 16.4 Å². The van der Waals surface area contributed by atoms with E-state index in [0.29, 0.717) is 5.56 Å². The van der Waals surface area contributed by atoms with Crippen LogP contribution in [0.5, 0.6) is 0 Å². The first-order valence-corrected chi connectivity index (χ1v) is 5.61. The predicted octanol–water partition coefficient (Wildman–Crippen LogP) is 2.15. The average molecular weight is 228 g/mol. The summed E-state index contributed by atoms with van der Waals surface area (Å²) < 4.78 is 0. The summed E-state index contributed by atoms with van der Waals surface area (Å²) in [5, 5.41) is 2.94. The number of carbonyl (C=O) groups excluding carboxylic acids is 1. The van der Waals surface area contributed by atoms with E-state index in [1.165, 1.54) is 0 Å². The number of nitrogens with one attached hydrogen (secondary N) is 1. The molecular weight excluding hydrogens is 212 g/mol. The summed E-state index contributed by atoms with van der Waals surface area (Å²) in [5.74, 6) is -0.0556. The molecule has 0 aromatic heterocycles. The van der Waals surface area contributed by atoms with Gasteiger partial charge < -0.3 is 10.2 Å². The van der Waals surface area contributed by atoms with Crippen molar-refractivity contribution in [2.24, 2.45) is 0 Å². The fourth-order valence-corrected chi connectivity index (χ4v) is 1.90. The van der Waals surface area contributed by atoms with E-state index in [9.17, 15) is 4.79 Å². The maximum Gasteiger partial charge on any atom is 0.255 e. The highest BCUT2D eigenvalue weighted by Gasteiger charge is 2.11. The van der Waals surface area contributed by atoms with Crippen LogP contribution in [0.1, 0.15) is 17.3 Å². The number of benzene rings is 1. The molecule has 1 aliphatic rings. The lowest BCUT2D eigenvalue weighted by Gasteiger charge is -2.22. The number of allylic oxidation sites excluding steroid dienone is 2. The summed E-state index contributed by atoms with van der Waals surface area (Å²) in [6.45, 7) is 2.75. The highest BCUT2D eigenvalue weighted by molar-refractivity contribution is 5.95. The van der Waals surface area contributed by atoms with Gasteiger partial charge in [0.25, 0.3) is 5.91 Å². The Morgan fingerprint density at radius 3 is 2.65 bits per heavy atom. The van der Waals surface area contributed by atoms with Crippen molar-refractivity contribution < 1.29 is 4.79 Å². The van der Waals surface area contributed by atoms with E-state index in [-0.39, 0.29) is 5.91 Å². The van der Waals surface area contributed by atoms with Crippen molar-refractivity contribution in [3.05, 3.63) is 59.4 Å². The van der Waals surface area contributed by atoms with Gasteiger partial charge in [0.15, 0.2) is 0 Å². The number of likely N-dealkylation sites (N-methyl/N-ethyl adjacent to an activating group) is 1. The Hall–Kier alpha value is -2.03. The largest absolute Gasteiger partial charge is 0.374 e. The molecule has 0 radical (unpaired) electrons. The minimum Gasteiger partial charge on any atom is -0.374 e. The molecule has 0 bridgehead atoms. The molecule has 0 atom stereocenters. The molecule has 2 rings (SSSR count). The zero-order chi connectivity index (χ0) is 12.3. The van der Waals surface area contributed by atoms with Gasteiger partial charge in [-0.15, -0.1) is 0 Å². The van der Waals surface area contributed by atoms with Gasteiger partial charge in [0.1, 0.15) is 0 Å². The van der Waals surface area contributed by atoms with Crippen molar-refractivity contribution in [1.82, 2.24) is 10.2 Å². The van der Waals surface area contributed by atoms with E-state index in [0.717, 1.165) is 17.8 Å². The van der Waals surface area contributed by atoms with Crippen LogP contribution in [-0.2, 0) is 0 Å². The third kappa shape index (κ3) is 2.97. The summed E-state index contributed by atoms with van der Waals surface area (Å²) in [7, 11) is 1.99. The lowest BCUT2D eigenvalue weighted by Crippen LogP contribution is -2.31. The number of carbonyl (C=O) groups is 1. The summed E-state index contributed by atoms with van der Waals surface area (Å²) in [6, 6.07) is 9.25. The second kappa shape index (κ2) is 4.87. The Morgan fingerprint density at radius 1 is 1.29 bits per heavy atom. The normalized spacial score (nSPS) is 15.1. The molecule has 1 N–H and O–H groups in total. The zero-order valence-electron chi connectivity index (χ0n) is 10.1. The van der Waals surface area contributed by atoms with Gasteiger partial charge in [0, 0.05) is 24.5 Å². The van der Waals surface area contributed by atoms with Crippen molar-refractivity contribution in [3.63, 3.8) is 0 Å². The van der Waals surface area contributed by atoms with E-state index in [4.69, 9.17) is 0 Å². The SMILES string of the molecule is CC1=CN(C)CC(NC(=O)c2ccccc2)=C1. The molecule has 1 aliphatic heterocycles. The lowest BCUT2D eigenvalue weighted by molar-refractivity contribution is 0.0963. The van der Waals surface area contributed by atoms with Crippen molar-refractivity contribution in [1.29, 1.82) is 0 Å². The minimum atomic E-state index is -0.0556. The second-order valence-electron chi connectivity index (χ2n) is 4.28.